The van der Waals surface area contributed by atoms with Crippen LogP contribution in [0.3, 0.4) is 0 Å². The summed E-state index contributed by atoms with van der Waals surface area (Å²) < 4.78 is 2.07. The highest BCUT2D eigenvalue weighted by molar-refractivity contribution is 5.85. The highest BCUT2D eigenvalue weighted by atomic mass is 15.2. The van der Waals surface area contributed by atoms with Crippen LogP contribution in [0.4, 0.5) is 5.82 Å². The van der Waals surface area contributed by atoms with E-state index in [1.54, 1.807) is 12.4 Å². The van der Waals surface area contributed by atoms with Crippen LogP contribution < -0.4 is 5.32 Å². The number of imidazole rings is 1. The minimum Gasteiger partial charge on any atom is -0.368 e. The average molecular weight is 397 g/mol. The first-order valence-corrected chi connectivity index (χ1v) is 10.2. The first-order valence-electron chi connectivity index (χ1n) is 10.2. The summed E-state index contributed by atoms with van der Waals surface area (Å²) in [7, 11) is 0. The van der Waals surface area contributed by atoms with E-state index >= 15 is 0 Å². The molecule has 0 atom stereocenters. The summed E-state index contributed by atoms with van der Waals surface area (Å²) in [5, 5.41) is 3.47. The van der Waals surface area contributed by atoms with Crippen LogP contribution in [-0.4, -0.2) is 36.0 Å². The van der Waals surface area contributed by atoms with E-state index in [2.05, 4.69) is 56.9 Å². The molecule has 7 heteroatoms. The average Bonchev–Trinajstić information content (AvgIpc) is 3.41. The van der Waals surface area contributed by atoms with Crippen molar-refractivity contribution in [3.63, 3.8) is 0 Å². The molecular weight excluding hydrogens is 374 g/mol. The number of aromatic nitrogens is 6. The van der Waals surface area contributed by atoms with Gasteiger partial charge in [0.1, 0.15) is 5.52 Å². The Morgan fingerprint density at radius 3 is 2.93 bits per heavy atom. The van der Waals surface area contributed by atoms with Crippen molar-refractivity contribution >= 4 is 23.1 Å². The van der Waals surface area contributed by atoms with E-state index < -0.39 is 0 Å². The maximum atomic E-state index is 4.78. The number of pyridine rings is 2. The number of allylic oxidation sites excluding steroid dienone is 1. The lowest BCUT2D eigenvalue weighted by Crippen LogP contribution is -2.09. The molecule has 30 heavy (non-hydrogen) atoms. The molecule has 0 aliphatic heterocycles. The number of nitrogens with zero attached hydrogens (tertiary/aromatic N) is 6. The SMILES string of the molecule is CC(C)n1cnc2c(NCCc3cnc4c(c3)C=CC4)nc(-c3cccnc3)nc21. The molecule has 0 saturated carbocycles. The largest absolute Gasteiger partial charge is 0.368 e. The fourth-order valence-corrected chi connectivity index (χ4v) is 3.67. The van der Waals surface area contributed by atoms with Crippen LogP contribution >= 0.6 is 0 Å². The van der Waals surface area contributed by atoms with E-state index in [-0.39, 0.29) is 6.04 Å². The van der Waals surface area contributed by atoms with E-state index in [0.717, 1.165) is 47.6 Å². The summed E-state index contributed by atoms with van der Waals surface area (Å²) in [6.45, 7) is 4.97. The molecule has 0 amide bonds. The molecule has 0 fully saturated rings. The summed E-state index contributed by atoms with van der Waals surface area (Å²) in [5.74, 6) is 1.39. The number of anilines is 1. The number of fused-ring (bicyclic) bond motifs is 2. The third kappa shape index (κ3) is 3.43. The topological polar surface area (TPSA) is 81.4 Å². The second-order valence-electron chi connectivity index (χ2n) is 7.72. The van der Waals surface area contributed by atoms with Crippen molar-refractivity contribution in [3.8, 4) is 11.4 Å². The van der Waals surface area contributed by atoms with E-state index in [0.29, 0.717) is 5.82 Å². The van der Waals surface area contributed by atoms with Crippen LogP contribution in [0.25, 0.3) is 28.6 Å². The molecule has 4 heterocycles. The van der Waals surface area contributed by atoms with Crippen molar-refractivity contribution in [3.05, 3.63) is 66.0 Å². The Bertz CT molecular complexity index is 1230. The van der Waals surface area contributed by atoms with Crippen LogP contribution in [-0.2, 0) is 12.8 Å². The Morgan fingerprint density at radius 1 is 1.17 bits per heavy atom. The molecule has 150 valence electrons. The predicted molar refractivity (Wildman–Crippen MR) is 118 cm³/mol. The van der Waals surface area contributed by atoms with Crippen molar-refractivity contribution in [2.45, 2.75) is 32.7 Å². The minimum absolute atomic E-state index is 0.255. The minimum atomic E-state index is 0.255. The molecule has 1 aliphatic rings. The van der Waals surface area contributed by atoms with Gasteiger partial charge in [0.25, 0.3) is 0 Å². The molecule has 4 aromatic heterocycles. The Labute approximate surface area is 175 Å². The van der Waals surface area contributed by atoms with Gasteiger partial charge in [0.2, 0.25) is 0 Å². The molecule has 7 nitrogen and oxygen atoms in total. The van der Waals surface area contributed by atoms with Gasteiger partial charge in [0.05, 0.1) is 12.0 Å². The van der Waals surface area contributed by atoms with Crippen LogP contribution in [0.1, 0.15) is 36.7 Å². The maximum Gasteiger partial charge on any atom is 0.166 e. The fourth-order valence-electron chi connectivity index (χ4n) is 3.67. The first-order chi connectivity index (χ1) is 14.7. The van der Waals surface area contributed by atoms with Gasteiger partial charge in [-0.15, -0.1) is 0 Å². The fraction of sp³-hybridized carbons (Fsp3) is 0.261. The third-order valence-corrected chi connectivity index (χ3v) is 5.27. The Balaban J connectivity index is 1.44. The van der Waals surface area contributed by atoms with Gasteiger partial charge in [0, 0.05) is 43.2 Å². The van der Waals surface area contributed by atoms with Gasteiger partial charge in [-0.1, -0.05) is 12.2 Å². The highest BCUT2D eigenvalue weighted by Crippen LogP contribution is 2.26. The zero-order valence-electron chi connectivity index (χ0n) is 17.1. The van der Waals surface area contributed by atoms with Gasteiger partial charge in [-0.3, -0.25) is 9.97 Å². The monoisotopic (exact) mass is 397 g/mol. The molecule has 1 aliphatic carbocycles. The Kier molecular flexibility index (Phi) is 4.71. The molecule has 5 rings (SSSR count). The summed E-state index contributed by atoms with van der Waals surface area (Å²) in [6, 6.07) is 6.34. The lowest BCUT2D eigenvalue weighted by Gasteiger charge is -2.11. The second kappa shape index (κ2) is 7.67. The van der Waals surface area contributed by atoms with Crippen LogP contribution in [0.2, 0.25) is 0 Å². The third-order valence-electron chi connectivity index (χ3n) is 5.27. The van der Waals surface area contributed by atoms with Crippen LogP contribution in [0.5, 0.6) is 0 Å². The van der Waals surface area contributed by atoms with Crippen molar-refractivity contribution in [1.29, 1.82) is 0 Å². The van der Waals surface area contributed by atoms with E-state index in [1.807, 2.05) is 24.7 Å². The van der Waals surface area contributed by atoms with Gasteiger partial charge in [-0.2, -0.15) is 0 Å². The van der Waals surface area contributed by atoms with Gasteiger partial charge in [-0.05, 0) is 49.6 Å². The molecule has 0 saturated heterocycles. The Morgan fingerprint density at radius 2 is 2.10 bits per heavy atom. The summed E-state index contributed by atoms with van der Waals surface area (Å²) in [6.07, 6.45) is 13.4. The molecule has 1 N–H and O–H groups in total. The molecule has 0 radical (unpaired) electrons. The zero-order chi connectivity index (χ0) is 20.5. The summed E-state index contributed by atoms with van der Waals surface area (Å²) in [5.41, 5.74) is 6.08. The van der Waals surface area contributed by atoms with Crippen molar-refractivity contribution < 1.29 is 0 Å². The smallest absolute Gasteiger partial charge is 0.166 e. The van der Waals surface area contributed by atoms with Crippen molar-refractivity contribution in [1.82, 2.24) is 29.5 Å². The summed E-state index contributed by atoms with van der Waals surface area (Å²) in [4.78, 5) is 22.9. The molecule has 0 unspecified atom stereocenters. The van der Waals surface area contributed by atoms with Crippen LogP contribution in [0.15, 0.2) is 49.2 Å². The van der Waals surface area contributed by atoms with E-state index in [4.69, 9.17) is 9.97 Å². The lowest BCUT2D eigenvalue weighted by molar-refractivity contribution is 0.613. The normalized spacial score (nSPS) is 12.6. The first kappa shape index (κ1) is 18.4. The van der Waals surface area contributed by atoms with Crippen LogP contribution in [0, 0.1) is 0 Å². The second-order valence-corrected chi connectivity index (χ2v) is 7.72. The number of hydrogen-bond acceptors (Lipinski definition) is 6. The quantitative estimate of drug-likeness (QED) is 0.528. The predicted octanol–water partition coefficient (Wildman–Crippen LogP) is 4.09. The van der Waals surface area contributed by atoms with Crippen molar-refractivity contribution in [2.24, 2.45) is 0 Å². The zero-order valence-corrected chi connectivity index (χ0v) is 17.1. The van der Waals surface area contributed by atoms with Crippen molar-refractivity contribution in [2.75, 3.05) is 11.9 Å². The highest BCUT2D eigenvalue weighted by Gasteiger charge is 2.16. The standard InChI is InChI=1S/C23H23N7/c1-15(2)30-14-27-20-22(28-21(29-23(20)30)18-6-4-9-24-13-18)25-10-8-16-11-17-5-3-7-19(17)26-12-16/h3-6,9,11-15H,7-8,10H2,1-2H3,(H,25,28,29). The number of nitrogens with one attached hydrogen (secondary N) is 1. The molecule has 4 aromatic rings. The molecule has 0 spiro atoms. The van der Waals surface area contributed by atoms with E-state index in [9.17, 15) is 0 Å². The lowest BCUT2D eigenvalue weighted by atomic mass is 10.1. The van der Waals surface area contributed by atoms with Gasteiger partial charge in [-0.25, -0.2) is 15.0 Å². The maximum absolute atomic E-state index is 4.78. The van der Waals surface area contributed by atoms with Gasteiger partial charge < -0.3 is 9.88 Å². The van der Waals surface area contributed by atoms with E-state index in [1.165, 1.54) is 11.1 Å². The molecule has 0 aromatic carbocycles. The van der Waals surface area contributed by atoms with Gasteiger partial charge in [0.15, 0.2) is 17.3 Å². The Hall–Kier alpha value is -3.61. The van der Waals surface area contributed by atoms with Gasteiger partial charge >= 0.3 is 0 Å². The number of rotatable bonds is 6. The summed E-state index contributed by atoms with van der Waals surface area (Å²) >= 11 is 0. The molecule has 0 bridgehead atoms. The molecular formula is C23H23N7. The number of hydrogen-bond donors (Lipinski definition) is 1.